The van der Waals surface area contributed by atoms with Crippen molar-refractivity contribution in [3.05, 3.63) is 12.2 Å². The molecule has 0 amide bonds. The maximum absolute atomic E-state index is 10.4. The molecule has 0 fully saturated rings. The molecule has 0 aromatic carbocycles. The van der Waals surface area contributed by atoms with E-state index in [0.717, 1.165) is 0 Å². The standard InChI is InChI=1S/C6H10O2/c1-3-4-6(8)5(2)7/h3-5,7H,1-2H3. The zero-order chi connectivity index (χ0) is 6.57. The molecule has 8 heavy (non-hydrogen) atoms. The average Bonchev–Trinajstić information content (AvgIpc) is 1.67. The smallest absolute Gasteiger partial charge is 0.183 e. The van der Waals surface area contributed by atoms with Gasteiger partial charge in [0.15, 0.2) is 5.78 Å². The van der Waals surface area contributed by atoms with Crippen LogP contribution in [0.15, 0.2) is 12.2 Å². The molecule has 0 aliphatic heterocycles. The number of ketones is 1. The van der Waals surface area contributed by atoms with Gasteiger partial charge in [0.05, 0.1) is 0 Å². The SMILES string of the molecule is CC=CC(=O)C(C)O. The molecule has 1 atom stereocenters. The minimum absolute atomic E-state index is 0.243. The van der Waals surface area contributed by atoms with Gasteiger partial charge in [-0.15, -0.1) is 0 Å². The zero-order valence-electron chi connectivity index (χ0n) is 5.09. The van der Waals surface area contributed by atoms with Crippen molar-refractivity contribution in [2.45, 2.75) is 20.0 Å². The highest BCUT2D eigenvalue weighted by Crippen LogP contribution is 1.83. The van der Waals surface area contributed by atoms with Crippen LogP contribution in [0.1, 0.15) is 13.8 Å². The van der Waals surface area contributed by atoms with Gasteiger partial charge in [0, 0.05) is 0 Å². The molecule has 2 heteroatoms. The van der Waals surface area contributed by atoms with Crippen molar-refractivity contribution in [2.24, 2.45) is 0 Å². The highest BCUT2D eigenvalue weighted by Gasteiger charge is 2.01. The lowest BCUT2D eigenvalue weighted by atomic mass is 10.2. The van der Waals surface area contributed by atoms with Gasteiger partial charge in [-0.05, 0) is 19.9 Å². The van der Waals surface area contributed by atoms with Crippen LogP contribution in [0.5, 0.6) is 0 Å². The second-order valence-corrected chi connectivity index (χ2v) is 1.58. The van der Waals surface area contributed by atoms with Crippen molar-refractivity contribution in [1.29, 1.82) is 0 Å². The lowest BCUT2D eigenvalue weighted by molar-refractivity contribution is -0.121. The first-order valence-electron chi connectivity index (χ1n) is 2.53. The van der Waals surface area contributed by atoms with E-state index < -0.39 is 6.10 Å². The van der Waals surface area contributed by atoms with E-state index in [-0.39, 0.29) is 5.78 Å². The summed E-state index contributed by atoms with van der Waals surface area (Å²) in [6.45, 7) is 3.18. The Morgan fingerprint density at radius 3 is 2.38 bits per heavy atom. The van der Waals surface area contributed by atoms with Crippen LogP contribution in [-0.2, 0) is 4.79 Å². The summed E-state index contributed by atoms with van der Waals surface area (Å²) in [5.74, 6) is -0.243. The Hall–Kier alpha value is -0.630. The fourth-order valence-electron chi connectivity index (χ4n) is 0.304. The number of carbonyl (C=O) groups is 1. The molecule has 2 nitrogen and oxygen atoms in total. The Labute approximate surface area is 48.8 Å². The van der Waals surface area contributed by atoms with Crippen LogP contribution in [0.2, 0.25) is 0 Å². The summed E-state index contributed by atoms with van der Waals surface area (Å²) >= 11 is 0. The van der Waals surface area contributed by atoms with Gasteiger partial charge in [-0.2, -0.15) is 0 Å². The van der Waals surface area contributed by atoms with E-state index in [1.165, 1.54) is 13.0 Å². The summed E-state index contributed by atoms with van der Waals surface area (Å²) in [5.41, 5.74) is 0. The minimum Gasteiger partial charge on any atom is -0.385 e. The van der Waals surface area contributed by atoms with Crippen LogP contribution >= 0.6 is 0 Å². The molecule has 1 N–H and O–H groups in total. The first-order chi connectivity index (χ1) is 3.68. The number of aliphatic hydroxyl groups excluding tert-OH is 1. The molecule has 0 spiro atoms. The Morgan fingerprint density at radius 1 is 1.75 bits per heavy atom. The van der Waals surface area contributed by atoms with E-state index in [1.807, 2.05) is 0 Å². The van der Waals surface area contributed by atoms with Gasteiger partial charge in [0.2, 0.25) is 0 Å². The monoisotopic (exact) mass is 114 g/mol. The molecule has 0 bridgehead atoms. The summed E-state index contributed by atoms with van der Waals surface area (Å²) in [5, 5.41) is 8.55. The number of aliphatic hydroxyl groups is 1. The lowest BCUT2D eigenvalue weighted by Gasteiger charge is -1.93. The molecule has 0 aliphatic rings. The second kappa shape index (κ2) is 3.38. The van der Waals surface area contributed by atoms with Gasteiger partial charge >= 0.3 is 0 Å². The second-order valence-electron chi connectivity index (χ2n) is 1.58. The fourth-order valence-corrected chi connectivity index (χ4v) is 0.304. The molecule has 1 unspecified atom stereocenters. The van der Waals surface area contributed by atoms with Crippen LogP contribution in [0.3, 0.4) is 0 Å². The summed E-state index contributed by atoms with van der Waals surface area (Å²) < 4.78 is 0. The van der Waals surface area contributed by atoms with Gasteiger partial charge in [-0.3, -0.25) is 4.79 Å². The van der Waals surface area contributed by atoms with Crippen molar-refractivity contribution in [3.8, 4) is 0 Å². The molecule has 0 rings (SSSR count). The van der Waals surface area contributed by atoms with Crippen molar-refractivity contribution < 1.29 is 9.90 Å². The summed E-state index contributed by atoms with van der Waals surface area (Å²) in [7, 11) is 0. The first kappa shape index (κ1) is 7.37. The molecule has 0 aliphatic carbocycles. The van der Waals surface area contributed by atoms with E-state index in [0.29, 0.717) is 0 Å². The normalized spacial score (nSPS) is 14.4. The van der Waals surface area contributed by atoms with Crippen LogP contribution in [0, 0.1) is 0 Å². The van der Waals surface area contributed by atoms with Crippen LogP contribution in [0.25, 0.3) is 0 Å². The van der Waals surface area contributed by atoms with Crippen molar-refractivity contribution in [1.82, 2.24) is 0 Å². The first-order valence-corrected chi connectivity index (χ1v) is 2.53. The van der Waals surface area contributed by atoms with Crippen molar-refractivity contribution in [3.63, 3.8) is 0 Å². The lowest BCUT2D eigenvalue weighted by Crippen LogP contribution is -2.12. The van der Waals surface area contributed by atoms with Crippen LogP contribution in [-0.4, -0.2) is 17.0 Å². The average molecular weight is 114 g/mol. The fraction of sp³-hybridized carbons (Fsp3) is 0.500. The summed E-state index contributed by atoms with van der Waals surface area (Å²) in [6, 6.07) is 0. The molecular formula is C6H10O2. The Morgan fingerprint density at radius 2 is 2.25 bits per heavy atom. The van der Waals surface area contributed by atoms with Crippen molar-refractivity contribution >= 4 is 5.78 Å². The Bertz CT molecular complexity index is 103. The quantitative estimate of drug-likeness (QED) is 0.531. The number of hydrogen-bond acceptors (Lipinski definition) is 2. The third-order valence-electron chi connectivity index (χ3n) is 0.743. The predicted octanol–water partition coefficient (Wildman–Crippen LogP) is 0.512. The molecule has 0 aromatic heterocycles. The maximum Gasteiger partial charge on any atom is 0.183 e. The van der Waals surface area contributed by atoms with Crippen molar-refractivity contribution in [2.75, 3.05) is 0 Å². The van der Waals surface area contributed by atoms with Crippen LogP contribution < -0.4 is 0 Å². The molecule has 0 saturated carbocycles. The van der Waals surface area contributed by atoms with Crippen LogP contribution in [0.4, 0.5) is 0 Å². The molecule has 0 heterocycles. The van der Waals surface area contributed by atoms with E-state index in [2.05, 4.69) is 0 Å². The van der Waals surface area contributed by atoms with E-state index in [1.54, 1.807) is 13.0 Å². The highest BCUT2D eigenvalue weighted by atomic mass is 16.3. The Balaban J connectivity index is 3.66. The highest BCUT2D eigenvalue weighted by molar-refractivity contribution is 5.92. The van der Waals surface area contributed by atoms with Gasteiger partial charge in [0.25, 0.3) is 0 Å². The maximum atomic E-state index is 10.4. The molecule has 46 valence electrons. The minimum atomic E-state index is -0.855. The third kappa shape index (κ3) is 2.53. The topological polar surface area (TPSA) is 37.3 Å². The third-order valence-corrected chi connectivity index (χ3v) is 0.743. The summed E-state index contributed by atoms with van der Waals surface area (Å²) in [4.78, 5) is 10.4. The number of hydrogen-bond donors (Lipinski definition) is 1. The van der Waals surface area contributed by atoms with Gasteiger partial charge in [-0.25, -0.2) is 0 Å². The molecule has 0 radical (unpaired) electrons. The van der Waals surface area contributed by atoms with Gasteiger partial charge < -0.3 is 5.11 Å². The predicted molar refractivity (Wildman–Crippen MR) is 31.5 cm³/mol. The van der Waals surface area contributed by atoms with E-state index in [4.69, 9.17) is 5.11 Å². The van der Waals surface area contributed by atoms with Gasteiger partial charge in [-0.1, -0.05) is 6.08 Å². The largest absolute Gasteiger partial charge is 0.385 e. The zero-order valence-corrected chi connectivity index (χ0v) is 5.09. The summed E-state index contributed by atoms with van der Waals surface area (Å²) in [6.07, 6.45) is 2.10. The number of allylic oxidation sites excluding steroid dienone is 1. The molecule has 0 aromatic rings. The van der Waals surface area contributed by atoms with Gasteiger partial charge in [0.1, 0.15) is 6.10 Å². The number of carbonyl (C=O) groups excluding carboxylic acids is 1. The Kier molecular flexibility index (Phi) is 3.12. The molecule has 0 saturated heterocycles. The number of rotatable bonds is 2. The molecular weight excluding hydrogens is 104 g/mol. The van der Waals surface area contributed by atoms with E-state index >= 15 is 0 Å². The van der Waals surface area contributed by atoms with E-state index in [9.17, 15) is 4.79 Å².